The van der Waals surface area contributed by atoms with Gasteiger partial charge < -0.3 is 4.57 Å². The van der Waals surface area contributed by atoms with Crippen molar-refractivity contribution in [2.24, 2.45) is 0 Å². The molecule has 10 aromatic rings. The van der Waals surface area contributed by atoms with E-state index in [1.807, 2.05) is 22.7 Å². The van der Waals surface area contributed by atoms with Crippen LogP contribution < -0.4 is 0 Å². The zero-order valence-electron chi connectivity index (χ0n) is 26.0. The third-order valence-corrected chi connectivity index (χ3v) is 12.1. The predicted molar refractivity (Wildman–Crippen MR) is 207 cm³/mol. The van der Waals surface area contributed by atoms with Crippen LogP contribution in [-0.2, 0) is 0 Å². The number of rotatable bonds is 3. The number of benzene rings is 7. The number of aromatic nitrogens is 1. The highest BCUT2D eigenvalue weighted by atomic mass is 32.1. The van der Waals surface area contributed by atoms with E-state index in [4.69, 9.17) is 0 Å². The molecule has 0 amide bonds. The summed E-state index contributed by atoms with van der Waals surface area (Å²) in [7, 11) is 0. The van der Waals surface area contributed by atoms with Crippen molar-refractivity contribution in [3.63, 3.8) is 0 Å². The van der Waals surface area contributed by atoms with Crippen molar-refractivity contribution in [3.05, 3.63) is 151 Å². The molecule has 0 radical (unpaired) electrons. The van der Waals surface area contributed by atoms with Gasteiger partial charge in [-0.05, 0) is 91.2 Å². The summed E-state index contributed by atoms with van der Waals surface area (Å²) in [5.74, 6) is 0. The standard InChI is InChI=1S/C44H29NS2/c1-26-15-18-38-34(21-26)35-22-27(2)16-19-39(35)45(38)40-13-8-12-32-37-25-30(24-33(43(37)47-44(32)40)28-9-4-3-5-10-28)29-17-20-42-36(23-29)31-11-6-7-14-41(31)46-42/h3-25H,1-2H3. The minimum Gasteiger partial charge on any atom is -0.308 e. The van der Waals surface area contributed by atoms with Gasteiger partial charge in [0.05, 0.1) is 21.4 Å². The molecule has 0 aliphatic heterocycles. The molecule has 10 rings (SSSR count). The van der Waals surface area contributed by atoms with Crippen molar-refractivity contribution in [3.8, 4) is 27.9 Å². The van der Waals surface area contributed by atoms with Gasteiger partial charge in [0.25, 0.3) is 0 Å². The highest BCUT2D eigenvalue weighted by molar-refractivity contribution is 7.27. The van der Waals surface area contributed by atoms with Crippen molar-refractivity contribution in [2.45, 2.75) is 13.8 Å². The number of thiophene rings is 2. The molecule has 0 saturated carbocycles. The van der Waals surface area contributed by atoms with E-state index in [1.165, 1.54) is 101 Å². The van der Waals surface area contributed by atoms with E-state index in [2.05, 4.69) is 158 Å². The third-order valence-electron chi connectivity index (χ3n) is 9.69. The molecule has 0 bridgehead atoms. The van der Waals surface area contributed by atoms with Crippen LogP contribution in [0.15, 0.2) is 140 Å². The monoisotopic (exact) mass is 635 g/mol. The van der Waals surface area contributed by atoms with Crippen molar-refractivity contribution in [1.29, 1.82) is 0 Å². The molecule has 0 saturated heterocycles. The molecule has 0 N–H and O–H groups in total. The summed E-state index contributed by atoms with van der Waals surface area (Å²) < 4.78 is 7.81. The van der Waals surface area contributed by atoms with Crippen LogP contribution in [-0.4, -0.2) is 4.57 Å². The summed E-state index contributed by atoms with van der Waals surface area (Å²) in [6.45, 7) is 4.37. The molecule has 0 aliphatic rings. The lowest BCUT2D eigenvalue weighted by atomic mass is 9.95. The van der Waals surface area contributed by atoms with Gasteiger partial charge in [-0.2, -0.15) is 0 Å². The molecule has 3 heteroatoms. The van der Waals surface area contributed by atoms with Crippen LogP contribution in [0.2, 0.25) is 0 Å². The molecule has 222 valence electrons. The molecule has 47 heavy (non-hydrogen) atoms. The largest absolute Gasteiger partial charge is 0.308 e. The predicted octanol–water partition coefficient (Wildman–Crippen LogP) is 13.5. The average Bonchev–Trinajstić information content (AvgIpc) is 3.77. The average molecular weight is 636 g/mol. The maximum Gasteiger partial charge on any atom is 0.0640 e. The summed E-state index contributed by atoms with van der Waals surface area (Å²) in [5.41, 5.74) is 11.3. The first-order chi connectivity index (χ1) is 23.1. The molecule has 0 unspecified atom stereocenters. The molecule has 0 atom stereocenters. The molecule has 3 aromatic heterocycles. The zero-order valence-corrected chi connectivity index (χ0v) is 27.7. The fourth-order valence-electron chi connectivity index (χ4n) is 7.48. The normalized spacial score (nSPS) is 12.0. The van der Waals surface area contributed by atoms with Crippen LogP contribution in [0.1, 0.15) is 11.1 Å². The van der Waals surface area contributed by atoms with Gasteiger partial charge in [0, 0.05) is 52.0 Å². The van der Waals surface area contributed by atoms with E-state index in [9.17, 15) is 0 Å². The Morgan fingerprint density at radius 2 is 1.09 bits per heavy atom. The second kappa shape index (κ2) is 10.1. The Bertz CT molecular complexity index is 2800. The van der Waals surface area contributed by atoms with E-state index in [-0.39, 0.29) is 0 Å². The lowest BCUT2D eigenvalue weighted by molar-refractivity contribution is 1.20. The highest BCUT2D eigenvalue weighted by Gasteiger charge is 2.19. The summed E-state index contributed by atoms with van der Waals surface area (Å²) >= 11 is 3.80. The second-order valence-electron chi connectivity index (χ2n) is 12.7. The maximum atomic E-state index is 2.49. The molecule has 0 spiro atoms. The van der Waals surface area contributed by atoms with Crippen molar-refractivity contribution < 1.29 is 0 Å². The summed E-state index contributed by atoms with van der Waals surface area (Å²) in [5, 5.41) is 7.90. The van der Waals surface area contributed by atoms with Crippen LogP contribution in [0.25, 0.3) is 90.1 Å². The Kier molecular flexibility index (Phi) is 5.81. The topological polar surface area (TPSA) is 4.93 Å². The molecule has 0 fully saturated rings. The number of nitrogens with zero attached hydrogens (tertiary/aromatic N) is 1. The van der Waals surface area contributed by atoms with E-state index in [0.717, 1.165) is 0 Å². The third kappa shape index (κ3) is 4.07. The van der Waals surface area contributed by atoms with E-state index in [1.54, 1.807) is 0 Å². The van der Waals surface area contributed by atoms with Crippen molar-refractivity contribution in [1.82, 2.24) is 4.57 Å². The smallest absolute Gasteiger partial charge is 0.0640 e. The van der Waals surface area contributed by atoms with Crippen LogP contribution in [0.5, 0.6) is 0 Å². The van der Waals surface area contributed by atoms with Gasteiger partial charge in [-0.3, -0.25) is 0 Å². The molecule has 3 heterocycles. The van der Waals surface area contributed by atoms with Gasteiger partial charge in [-0.15, -0.1) is 22.7 Å². The van der Waals surface area contributed by atoms with Gasteiger partial charge in [0.1, 0.15) is 0 Å². The maximum absolute atomic E-state index is 2.49. The van der Waals surface area contributed by atoms with E-state index < -0.39 is 0 Å². The lowest BCUT2D eigenvalue weighted by Gasteiger charge is -2.10. The number of hydrogen-bond acceptors (Lipinski definition) is 2. The van der Waals surface area contributed by atoms with Crippen molar-refractivity contribution in [2.75, 3.05) is 0 Å². The summed E-state index contributed by atoms with van der Waals surface area (Å²) in [6.07, 6.45) is 0. The highest BCUT2D eigenvalue weighted by Crippen LogP contribution is 2.46. The van der Waals surface area contributed by atoms with E-state index in [0.29, 0.717) is 0 Å². The van der Waals surface area contributed by atoms with Crippen LogP contribution in [0.3, 0.4) is 0 Å². The quantitative estimate of drug-likeness (QED) is 0.182. The Morgan fingerprint density at radius 3 is 1.87 bits per heavy atom. The van der Waals surface area contributed by atoms with Gasteiger partial charge in [-0.25, -0.2) is 0 Å². The SMILES string of the molecule is Cc1ccc2c(c1)c1cc(C)ccc1n2-c1cccc2c1sc1c(-c3ccccc3)cc(-c3ccc4sc5ccccc5c4c3)cc12. The van der Waals surface area contributed by atoms with Crippen LogP contribution >= 0.6 is 22.7 Å². The fourth-order valence-corrected chi connectivity index (χ4v) is 9.88. The van der Waals surface area contributed by atoms with Gasteiger partial charge in [-0.1, -0.05) is 90.0 Å². The number of fused-ring (bicyclic) bond motifs is 9. The first-order valence-electron chi connectivity index (χ1n) is 16.1. The molecule has 7 aromatic carbocycles. The summed E-state index contributed by atoms with van der Waals surface area (Å²) in [6, 6.07) is 52.1. The first kappa shape index (κ1) is 26.9. The van der Waals surface area contributed by atoms with Crippen molar-refractivity contribution >= 4 is 84.8 Å². The van der Waals surface area contributed by atoms with Gasteiger partial charge in [0.2, 0.25) is 0 Å². The van der Waals surface area contributed by atoms with Crippen LogP contribution in [0.4, 0.5) is 0 Å². The lowest BCUT2D eigenvalue weighted by Crippen LogP contribution is -1.94. The number of aryl methyl sites for hydroxylation is 2. The Labute approximate surface area is 280 Å². The molecular formula is C44H29NS2. The minimum absolute atomic E-state index is 1.24. The zero-order chi connectivity index (χ0) is 31.2. The molecule has 0 aliphatic carbocycles. The van der Waals surface area contributed by atoms with E-state index >= 15 is 0 Å². The molecule has 1 nitrogen and oxygen atoms in total. The Morgan fingerprint density at radius 1 is 0.404 bits per heavy atom. The minimum atomic E-state index is 1.24. The van der Waals surface area contributed by atoms with Gasteiger partial charge >= 0.3 is 0 Å². The molecular weight excluding hydrogens is 607 g/mol. The fraction of sp³-hybridized carbons (Fsp3) is 0.0455. The Balaban J connectivity index is 1.28. The Hall–Kier alpha value is -5.22. The number of hydrogen-bond donors (Lipinski definition) is 0. The second-order valence-corrected chi connectivity index (χ2v) is 14.8. The summed E-state index contributed by atoms with van der Waals surface area (Å²) in [4.78, 5) is 0. The van der Waals surface area contributed by atoms with Gasteiger partial charge in [0.15, 0.2) is 0 Å². The van der Waals surface area contributed by atoms with Crippen LogP contribution in [0, 0.1) is 13.8 Å². The first-order valence-corrected chi connectivity index (χ1v) is 17.7.